The molecule has 0 saturated carbocycles. The lowest BCUT2D eigenvalue weighted by Crippen LogP contribution is -2.57. The van der Waals surface area contributed by atoms with Crippen LogP contribution in [0.5, 0.6) is 11.5 Å². The zero-order valence-electron chi connectivity index (χ0n) is 14.6. The maximum absolute atomic E-state index is 12.6. The van der Waals surface area contributed by atoms with E-state index in [1.165, 1.54) is 19.2 Å². The van der Waals surface area contributed by atoms with Crippen molar-refractivity contribution in [2.75, 3.05) is 26.5 Å². The number of hydrogen-bond acceptors (Lipinski definition) is 6. The molecule has 0 atom stereocenters. The monoisotopic (exact) mass is 392 g/mol. The van der Waals surface area contributed by atoms with Crippen LogP contribution in [0.3, 0.4) is 0 Å². The highest BCUT2D eigenvalue weighted by molar-refractivity contribution is 7.92. The molecule has 1 fully saturated rings. The van der Waals surface area contributed by atoms with Crippen LogP contribution in [0.4, 0.5) is 8.78 Å². The van der Waals surface area contributed by atoms with E-state index in [0.717, 1.165) is 6.26 Å². The van der Waals surface area contributed by atoms with Crippen molar-refractivity contribution in [2.24, 2.45) is 0 Å². The summed E-state index contributed by atoms with van der Waals surface area (Å²) in [5, 5.41) is 5.64. The Morgan fingerprint density at radius 3 is 2.50 bits per heavy atom. The number of carbonyl (C=O) groups excluding carboxylic acids is 1. The first kappa shape index (κ1) is 20.4. The van der Waals surface area contributed by atoms with Crippen LogP contribution in [0.25, 0.3) is 0 Å². The van der Waals surface area contributed by atoms with Crippen LogP contribution >= 0.6 is 0 Å². The number of piperidine rings is 1. The number of nitrogens with one attached hydrogen (secondary N) is 2. The van der Waals surface area contributed by atoms with E-state index < -0.39 is 27.1 Å². The third-order valence-electron chi connectivity index (χ3n) is 4.43. The number of ether oxygens (including phenoxy) is 2. The van der Waals surface area contributed by atoms with E-state index in [1.807, 2.05) is 0 Å². The highest BCUT2D eigenvalue weighted by atomic mass is 32.2. The molecule has 2 N–H and O–H groups in total. The fourth-order valence-electron chi connectivity index (χ4n) is 2.96. The standard InChI is InChI=1S/C16H22F2N2O5S/c1-24-12-4-3-11(9-13(12)25-15(17)18)10-20-14(21)16(26(2,22)23)5-7-19-8-6-16/h3-4,9,15,19H,5-8,10H2,1-2H3,(H,20,21). The fourth-order valence-corrected chi connectivity index (χ4v) is 4.31. The zero-order chi connectivity index (χ0) is 19.4. The van der Waals surface area contributed by atoms with Crippen LogP contribution in [0, 0.1) is 0 Å². The summed E-state index contributed by atoms with van der Waals surface area (Å²) in [4.78, 5) is 12.6. The quantitative estimate of drug-likeness (QED) is 0.721. The SMILES string of the molecule is COc1ccc(CNC(=O)C2(S(C)(=O)=O)CCNCC2)cc1OC(F)F. The molecule has 0 unspecified atom stereocenters. The summed E-state index contributed by atoms with van der Waals surface area (Å²) in [6, 6.07) is 4.34. The summed E-state index contributed by atoms with van der Waals surface area (Å²) < 4.78 is 57.3. The van der Waals surface area contributed by atoms with Gasteiger partial charge in [-0.1, -0.05) is 6.07 Å². The van der Waals surface area contributed by atoms with Gasteiger partial charge in [-0.05, 0) is 43.6 Å². The van der Waals surface area contributed by atoms with E-state index in [-0.39, 0.29) is 30.9 Å². The van der Waals surface area contributed by atoms with E-state index in [2.05, 4.69) is 15.4 Å². The van der Waals surface area contributed by atoms with E-state index in [1.54, 1.807) is 6.07 Å². The van der Waals surface area contributed by atoms with Crippen molar-refractivity contribution in [3.05, 3.63) is 23.8 Å². The van der Waals surface area contributed by atoms with Crippen molar-refractivity contribution in [2.45, 2.75) is 30.7 Å². The van der Waals surface area contributed by atoms with Crippen molar-refractivity contribution >= 4 is 15.7 Å². The fraction of sp³-hybridized carbons (Fsp3) is 0.562. The molecule has 10 heteroatoms. The van der Waals surface area contributed by atoms with Gasteiger partial charge in [0.2, 0.25) is 5.91 Å². The molecule has 1 aliphatic rings. The molecule has 26 heavy (non-hydrogen) atoms. The number of benzene rings is 1. The molecular formula is C16H22F2N2O5S. The van der Waals surface area contributed by atoms with Crippen molar-refractivity contribution in [3.8, 4) is 11.5 Å². The van der Waals surface area contributed by atoms with Crippen molar-refractivity contribution < 1.29 is 31.5 Å². The van der Waals surface area contributed by atoms with Gasteiger partial charge in [0.15, 0.2) is 26.1 Å². The smallest absolute Gasteiger partial charge is 0.387 e. The Bertz CT molecular complexity index is 749. The maximum Gasteiger partial charge on any atom is 0.387 e. The Kier molecular flexibility index (Phi) is 6.40. The van der Waals surface area contributed by atoms with Crippen LogP contribution < -0.4 is 20.1 Å². The minimum absolute atomic E-state index is 0.0207. The molecule has 0 spiro atoms. The van der Waals surface area contributed by atoms with E-state index >= 15 is 0 Å². The minimum Gasteiger partial charge on any atom is -0.493 e. The van der Waals surface area contributed by atoms with Crippen molar-refractivity contribution in [3.63, 3.8) is 0 Å². The number of rotatable bonds is 7. The largest absolute Gasteiger partial charge is 0.493 e. The van der Waals surface area contributed by atoms with Gasteiger partial charge in [0.05, 0.1) is 7.11 Å². The summed E-state index contributed by atoms with van der Waals surface area (Å²) in [7, 11) is -2.30. The number of sulfone groups is 1. The van der Waals surface area contributed by atoms with Crippen LogP contribution in [0.15, 0.2) is 18.2 Å². The molecule has 146 valence electrons. The van der Waals surface area contributed by atoms with Gasteiger partial charge in [0.25, 0.3) is 0 Å². The summed E-state index contributed by atoms with van der Waals surface area (Å²) in [6.07, 6.45) is 1.42. The van der Waals surface area contributed by atoms with Gasteiger partial charge in [-0.15, -0.1) is 0 Å². The van der Waals surface area contributed by atoms with Crippen molar-refractivity contribution in [1.82, 2.24) is 10.6 Å². The number of halogens is 2. The Morgan fingerprint density at radius 2 is 1.96 bits per heavy atom. The van der Waals surface area contributed by atoms with Gasteiger partial charge in [0.1, 0.15) is 0 Å². The molecule has 1 amide bonds. The van der Waals surface area contributed by atoms with Crippen LogP contribution in [0.2, 0.25) is 0 Å². The van der Waals surface area contributed by atoms with Crippen LogP contribution in [-0.2, 0) is 21.2 Å². The average molecular weight is 392 g/mol. The Morgan fingerprint density at radius 1 is 1.31 bits per heavy atom. The second-order valence-corrected chi connectivity index (χ2v) is 8.39. The highest BCUT2D eigenvalue weighted by Crippen LogP contribution is 2.30. The van der Waals surface area contributed by atoms with Crippen LogP contribution in [-0.4, -0.2) is 52.1 Å². The van der Waals surface area contributed by atoms with Gasteiger partial charge in [0, 0.05) is 12.8 Å². The molecule has 1 saturated heterocycles. The van der Waals surface area contributed by atoms with Gasteiger partial charge < -0.3 is 20.1 Å². The molecule has 2 rings (SSSR count). The molecule has 1 aromatic rings. The first-order chi connectivity index (χ1) is 12.2. The Balaban J connectivity index is 2.15. The third-order valence-corrected chi connectivity index (χ3v) is 6.45. The molecule has 0 radical (unpaired) electrons. The topological polar surface area (TPSA) is 93.7 Å². The molecule has 1 heterocycles. The van der Waals surface area contributed by atoms with Crippen molar-refractivity contribution in [1.29, 1.82) is 0 Å². The van der Waals surface area contributed by atoms with Crippen LogP contribution in [0.1, 0.15) is 18.4 Å². The first-order valence-corrected chi connectivity index (χ1v) is 9.89. The molecule has 0 aromatic heterocycles. The summed E-state index contributed by atoms with van der Waals surface area (Å²) in [6.45, 7) is -2.19. The van der Waals surface area contributed by atoms with Gasteiger partial charge in [-0.2, -0.15) is 8.78 Å². The number of hydrogen-bond donors (Lipinski definition) is 2. The lowest BCUT2D eigenvalue weighted by Gasteiger charge is -2.34. The molecule has 0 bridgehead atoms. The minimum atomic E-state index is -3.62. The van der Waals surface area contributed by atoms with E-state index in [9.17, 15) is 22.0 Å². The summed E-state index contributed by atoms with van der Waals surface area (Å²) in [5.41, 5.74) is 0.479. The predicted octanol–water partition coefficient (Wildman–Crippen LogP) is 1.08. The van der Waals surface area contributed by atoms with Gasteiger partial charge in [-0.25, -0.2) is 8.42 Å². The normalized spacial score (nSPS) is 17.0. The number of alkyl halides is 2. The molecule has 0 aliphatic carbocycles. The second-order valence-electron chi connectivity index (χ2n) is 6.06. The number of methoxy groups -OCH3 is 1. The lowest BCUT2D eigenvalue weighted by molar-refractivity contribution is -0.124. The first-order valence-electron chi connectivity index (χ1n) is 8.00. The predicted molar refractivity (Wildman–Crippen MR) is 91.2 cm³/mol. The van der Waals surface area contributed by atoms with E-state index in [0.29, 0.717) is 18.7 Å². The molecular weight excluding hydrogens is 370 g/mol. The average Bonchev–Trinajstić information content (AvgIpc) is 2.59. The van der Waals surface area contributed by atoms with Gasteiger partial charge >= 0.3 is 6.61 Å². The summed E-state index contributed by atoms with van der Waals surface area (Å²) >= 11 is 0. The van der Waals surface area contributed by atoms with E-state index in [4.69, 9.17) is 4.74 Å². The second kappa shape index (κ2) is 8.17. The lowest BCUT2D eigenvalue weighted by atomic mass is 9.95. The van der Waals surface area contributed by atoms with Gasteiger partial charge in [-0.3, -0.25) is 4.79 Å². The third kappa shape index (κ3) is 4.42. The molecule has 1 aliphatic heterocycles. The number of amides is 1. The highest BCUT2D eigenvalue weighted by Gasteiger charge is 2.48. The zero-order valence-corrected chi connectivity index (χ0v) is 15.4. The summed E-state index contributed by atoms with van der Waals surface area (Å²) in [5.74, 6) is -0.617. The Labute approximate surface area is 151 Å². The molecule has 1 aromatic carbocycles. The number of carbonyl (C=O) groups is 1. The molecule has 7 nitrogen and oxygen atoms in total. The Hall–Kier alpha value is -1.94. The maximum atomic E-state index is 12.6.